The maximum Gasteiger partial charge on any atom is 0.220 e. The average molecular weight is 555 g/mol. The van der Waals surface area contributed by atoms with Crippen LogP contribution in [0, 0.1) is 5.92 Å². The Balaban J connectivity index is 1.20. The highest BCUT2D eigenvalue weighted by atomic mass is 35.5. The number of nitrogens with zero attached hydrogens (tertiary/aromatic N) is 3. The number of carbonyl (C=O) groups excluding carboxylic acids is 1. The van der Waals surface area contributed by atoms with Crippen LogP contribution in [0.4, 0.5) is 5.69 Å². The Morgan fingerprint density at radius 3 is 2.69 bits per heavy atom. The van der Waals surface area contributed by atoms with Gasteiger partial charge in [-0.05, 0) is 68.0 Å². The molecule has 1 amide bonds. The number of piperidine rings is 1. The fourth-order valence-corrected chi connectivity index (χ4v) is 6.73. The number of piperazine rings is 1. The van der Waals surface area contributed by atoms with Gasteiger partial charge in [0.1, 0.15) is 5.75 Å². The number of anilines is 1. The van der Waals surface area contributed by atoms with Crippen molar-refractivity contribution in [2.24, 2.45) is 5.92 Å². The number of halogens is 1. The van der Waals surface area contributed by atoms with Crippen molar-refractivity contribution >= 4 is 23.2 Å². The number of para-hydroxylation sites is 2. The van der Waals surface area contributed by atoms with Crippen LogP contribution in [0.5, 0.6) is 5.75 Å². The van der Waals surface area contributed by atoms with Gasteiger partial charge in [-0.15, -0.1) is 0 Å². The highest BCUT2D eigenvalue weighted by Crippen LogP contribution is 2.32. The second kappa shape index (κ2) is 13.8. The molecule has 8 heteroatoms. The number of methoxy groups -OCH3 is 1. The largest absolute Gasteiger partial charge is 0.495 e. The number of benzene rings is 2. The van der Waals surface area contributed by atoms with Crippen molar-refractivity contribution in [2.45, 2.75) is 50.8 Å². The third kappa shape index (κ3) is 7.66. The maximum absolute atomic E-state index is 12.8. The summed E-state index contributed by atoms with van der Waals surface area (Å²) in [6, 6.07) is 17.0. The van der Waals surface area contributed by atoms with E-state index in [4.69, 9.17) is 21.1 Å². The number of ether oxygens (including phenoxy) is 2. The number of amides is 1. The van der Waals surface area contributed by atoms with Gasteiger partial charge >= 0.3 is 0 Å². The Kier molecular flexibility index (Phi) is 10.0. The summed E-state index contributed by atoms with van der Waals surface area (Å²) in [6.07, 6.45) is 4.92. The molecule has 0 spiro atoms. The van der Waals surface area contributed by atoms with E-state index in [2.05, 4.69) is 44.3 Å². The summed E-state index contributed by atoms with van der Waals surface area (Å²) in [6.45, 7) is 8.44. The fourth-order valence-electron chi connectivity index (χ4n) is 6.52. The maximum atomic E-state index is 12.8. The molecule has 0 bridgehead atoms. The Labute approximate surface area is 238 Å². The summed E-state index contributed by atoms with van der Waals surface area (Å²) in [5, 5.41) is 3.91. The highest BCUT2D eigenvalue weighted by molar-refractivity contribution is 6.30. The molecule has 2 aromatic carbocycles. The van der Waals surface area contributed by atoms with Crippen LogP contribution < -0.4 is 15.0 Å². The van der Waals surface area contributed by atoms with E-state index in [1.165, 1.54) is 11.3 Å². The van der Waals surface area contributed by atoms with Crippen LogP contribution >= 0.6 is 11.6 Å². The smallest absolute Gasteiger partial charge is 0.220 e. The van der Waals surface area contributed by atoms with Gasteiger partial charge in [0.25, 0.3) is 0 Å². The van der Waals surface area contributed by atoms with Gasteiger partial charge in [-0.1, -0.05) is 35.9 Å². The second-order valence-corrected chi connectivity index (χ2v) is 11.6. The number of hydrogen-bond acceptors (Lipinski definition) is 6. The Hall–Kier alpha value is -2.32. The van der Waals surface area contributed by atoms with E-state index in [-0.39, 0.29) is 12.0 Å². The quantitative estimate of drug-likeness (QED) is 0.469. The van der Waals surface area contributed by atoms with Gasteiger partial charge in [-0.25, -0.2) is 0 Å². The molecule has 1 N–H and O–H groups in total. The first-order valence-electron chi connectivity index (χ1n) is 14.6. The minimum absolute atomic E-state index is 0.150. The van der Waals surface area contributed by atoms with Gasteiger partial charge in [0.2, 0.25) is 5.91 Å². The molecule has 0 saturated carbocycles. The Morgan fingerprint density at radius 1 is 1.08 bits per heavy atom. The predicted molar refractivity (Wildman–Crippen MR) is 157 cm³/mol. The number of likely N-dealkylation sites (tertiary alicyclic amines) is 1. The molecule has 7 nitrogen and oxygen atoms in total. The summed E-state index contributed by atoms with van der Waals surface area (Å²) in [5.74, 6) is 1.54. The molecule has 3 aliphatic heterocycles. The van der Waals surface area contributed by atoms with Gasteiger partial charge in [-0.3, -0.25) is 14.6 Å². The zero-order valence-corrected chi connectivity index (χ0v) is 24.0. The number of nitrogens with one attached hydrogen (secondary N) is 1. The van der Waals surface area contributed by atoms with Crippen LogP contribution in [0.3, 0.4) is 0 Å². The molecule has 0 radical (unpaired) electrons. The van der Waals surface area contributed by atoms with Crippen LogP contribution in [-0.2, 0) is 16.1 Å². The SMILES string of the molecule is COc1ccccc1N1CCN([C@@H]2CCN(Cc3cccc(Cl)c3)C[C@@H]2CCC(=O)NC[C@@H]2CCCO2)CC1. The van der Waals surface area contributed by atoms with Crippen molar-refractivity contribution < 1.29 is 14.3 Å². The van der Waals surface area contributed by atoms with E-state index in [1.54, 1.807) is 7.11 Å². The van der Waals surface area contributed by atoms with Crippen LogP contribution in [0.15, 0.2) is 48.5 Å². The highest BCUT2D eigenvalue weighted by Gasteiger charge is 2.35. The predicted octanol–water partition coefficient (Wildman–Crippen LogP) is 4.44. The van der Waals surface area contributed by atoms with Gasteiger partial charge in [0.15, 0.2) is 0 Å². The molecule has 3 saturated heterocycles. The lowest BCUT2D eigenvalue weighted by Gasteiger charge is -2.47. The average Bonchev–Trinajstić information content (AvgIpc) is 3.49. The number of hydrogen-bond donors (Lipinski definition) is 1. The first-order valence-corrected chi connectivity index (χ1v) is 14.9. The van der Waals surface area contributed by atoms with Crippen molar-refractivity contribution in [2.75, 3.05) is 64.4 Å². The zero-order valence-electron chi connectivity index (χ0n) is 23.2. The Bertz CT molecular complexity index is 1070. The van der Waals surface area contributed by atoms with Crippen LogP contribution in [0.1, 0.15) is 37.7 Å². The molecule has 39 heavy (non-hydrogen) atoms. The molecule has 0 aliphatic carbocycles. The molecule has 3 heterocycles. The van der Waals surface area contributed by atoms with Crippen molar-refractivity contribution in [3.05, 3.63) is 59.1 Å². The molecule has 3 atom stereocenters. The normalized spacial score (nSPS) is 24.6. The third-order valence-corrected chi connectivity index (χ3v) is 8.81. The van der Waals surface area contributed by atoms with Gasteiger partial charge in [-0.2, -0.15) is 0 Å². The summed E-state index contributed by atoms with van der Waals surface area (Å²) >= 11 is 6.26. The molecule has 0 aromatic heterocycles. The summed E-state index contributed by atoms with van der Waals surface area (Å²) < 4.78 is 11.3. The Morgan fingerprint density at radius 2 is 1.92 bits per heavy atom. The molecular formula is C31H43ClN4O3. The minimum Gasteiger partial charge on any atom is -0.495 e. The van der Waals surface area contributed by atoms with Crippen molar-refractivity contribution in [1.82, 2.24) is 15.1 Å². The molecule has 0 unspecified atom stereocenters. The molecule has 3 fully saturated rings. The molecule has 3 aliphatic rings. The number of carbonyl (C=O) groups is 1. The summed E-state index contributed by atoms with van der Waals surface area (Å²) in [7, 11) is 1.74. The van der Waals surface area contributed by atoms with E-state index in [9.17, 15) is 4.79 Å². The van der Waals surface area contributed by atoms with Gasteiger partial charge in [0.05, 0.1) is 18.9 Å². The fraction of sp³-hybridized carbons (Fsp3) is 0.581. The van der Waals surface area contributed by atoms with Crippen molar-refractivity contribution in [3.63, 3.8) is 0 Å². The van der Waals surface area contributed by atoms with E-state index in [0.29, 0.717) is 24.9 Å². The van der Waals surface area contributed by atoms with E-state index in [1.807, 2.05) is 24.3 Å². The first-order chi connectivity index (χ1) is 19.1. The molecular weight excluding hydrogens is 512 g/mol. The van der Waals surface area contributed by atoms with E-state index in [0.717, 1.165) is 88.9 Å². The van der Waals surface area contributed by atoms with Gasteiger partial charge < -0.3 is 19.7 Å². The first kappa shape index (κ1) is 28.2. The summed E-state index contributed by atoms with van der Waals surface area (Å²) in [5.41, 5.74) is 2.43. The zero-order chi connectivity index (χ0) is 27.0. The van der Waals surface area contributed by atoms with E-state index < -0.39 is 0 Å². The van der Waals surface area contributed by atoms with Crippen LogP contribution in [0.25, 0.3) is 0 Å². The monoisotopic (exact) mass is 554 g/mol. The number of rotatable bonds is 10. The third-order valence-electron chi connectivity index (χ3n) is 8.58. The van der Waals surface area contributed by atoms with Crippen LogP contribution in [0.2, 0.25) is 5.02 Å². The topological polar surface area (TPSA) is 57.3 Å². The second-order valence-electron chi connectivity index (χ2n) is 11.2. The summed E-state index contributed by atoms with van der Waals surface area (Å²) in [4.78, 5) is 20.4. The molecule has 5 rings (SSSR count). The minimum atomic E-state index is 0.150. The van der Waals surface area contributed by atoms with Crippen molar-refractivity contribution in [1.29, 1.82) is 0 Å². The van der Waals surface area contributed by atoms with Crippen LogP contribution in [-0.4, -0.2) is 87.4 Å². The molecule has 212 valence electrons. The lowest BCUT2D eigenvalue weighted by atomic mass is 9.86. The lowest BCUT2D eigenvalue weighted by Crippen LogP contribution is -2.56. The standard InChI is InChI=1S/C31H43ClN4O3/c1-38-30-10-3-2-9-29(30)36-17-15-35(16-18-36)28-13-14-34(22-24-6-4-7-26(32)20-24)23-25(28)11-12-31(37)33-21-27-8-5-19-39-27/h2-4,6-7,9-10,20,25,27-28H,5,8,11-19,21-23H2,1H3,(H,33,37)/t25-,27-,28+/m0/s1. The lowest BCUT2D eigenvalue weighted by molar-refractivity contribution is -0.122. The van der Waals surface area contributed by atoms with Gasteiger partial charge in [0, 0.05) is 69.9 Å². The van der Waals surface area contributed by atoms with Crippen molar-refractivity contribution in [3.8, 4) is 5.75 Å². The molecule has 2 aromatic rings. The van der Waals surface area contributed by atoms with E-state index >= 15 is 0 Å².